The Labute approximate surface area is 216 Å². The Balaban J connectivity index is 1.43. The highest BCUT2D eigenvalue weighted by molar-refractivity contribution is 9.10. The van der Waals surface area contributed by atoms with Gasteiger partial charge in [-0.2, -0.15) is 0 Å². The van der Waals surface area contributed by atoms with Crippen LogP contribution >= 0.6 is 31.9 Å². The van der Waals surface area contributed by atoms with Crippen molar-refractivity contribution in [2.75, 3.05) is 6.54 Å². The highest BCUT2D eigenvalue weighted by Crippen LogP contribution is 2.33. The molecular formula is C29H26Br2N2O. The summed E-state index contributed by atoms with van der Waals surface area (Å²) in [6.07, 6.45) is -0.515. The number of fused-ring (bicyclic) bond motifs is 3. The molecule has 0 radical (unpaired) electrons. The van der Waals surface area contributed by atoms with E-state index in [9.17, 15) is 5.11 Å². The maximum absolute atomic E-state index is 11.3. The normalized spacial score (nSPS) is 12.6. The van der Waals surface area contributed by atoms with Crippen LogP contribution in [0, 0.1) is 0 Å². The molecule has 0 amide bonds. The highest BCUT2D eigenvalue weighted by atomic mass is 79.9. The summed E-state index contributed by atoms with van der Waals surface area (Å²) in [5, 5.41) is 13.7. The molecule has 0 unspecified atom stereocenters. The Hall–Kier alpha value is -2.44. The number of hydrogen-bond acceptors (Lipinski definition) is 2. The van der Waals surface area contributed by atoms with Crippen molar-refractivity contribution < 1.29 is 5.11 Å². The van der Waals surface area contributed by atoms with Gasteiger partial charge in [0.25, 0.3) is 0 Å². The van der Waals surface area contributed by atoms with Gasteiger partial charge in [0.2, 0.25) is 0 Å². The predicted molar refractivity (Wildman–Crippen MR) is 148 cm³/mol. The monoisotopic (exact) mass is 576 g/mol. The second kappa shape index (κ2) is 10.4. The summed E-state index contributed by atoms with van der Waals surface area (Å²) in [5.74, 6) is 0. The lowest BCUT2D eigenvalue weighted by Crippen LogP contribution is -2.34. The van der Waals surface area contributed by atoms with E-state index in [0.29, 0.717) is 13.1 Å². The smallest absolute Gasteiger partial charge is 0.0846 e. The molecule has 0 bridgehead atoms. The molecule has 5 aromatic rings. The van der Waals surface area contributed by atoms with Gasteiger partial charge < -0.3 is 9.67 Å². The largest absolute Gasteiger partial charge is 0.390 e. The van der Waals surface area contributed by atoms with Crippen molar-refractivity contribution in [3.63, 3.8) is 0 Å². The van der Waals surface area contributed by atoms with Crippen molar-refractivity contribution in [3.05, 3.63) is 117 Å². The molecule has 0 spiro atoms. The summed E-state index contributed by atoms with van der Waals surface area (Å²) in [6.45, 7) is 2.70. The molecule has 0 saturated carbocycles. The molecule has 1 heterocycles. The molecule has 1 aromatic heterocycles. The number of rotatable bonds is 8. The van der Waals surface area contributed by atoms with Gasteiger partial charge in [-0.25, -0.2) is 0 Å². The molecule has 0 fully saturated rings. The Kier molecular flexibility index (Phi) is 7.16. The van der Waals surface area contributed by atoms with Crippen molar-refractivity contribution in [1.29, 1.82) is 0 Å². The van der Waals surface area contributed by atoms with Gasteiger partial charge in [0.15, 0.2) is 0 Å². The fourth-order valence-corrected chi connectivity index (χ4v) is 5.40. The molecule has 5 heteroatoms. The van der Waals surface area contributed by atoms with Crippen molar-refractivity contribution in [2.24, 2.45) is 0 Å². The topological polar surface area (TPSA) is 28.4 Å². The standard InChI is InChI=1S/C29H26Br2N2O/c30-23-11-13-28-26(15-23)27-16-24(31)12-14-29(27)33(28)20-25(34)19-32(17-21-7-3-1-4-8-21)18-22-9-5-2-6-10-22/h1-16,25,34H,17-20H2/t25-/m0/s1. The third-order valence-electron chi connectivity index (χ3n) is 6.15. The summed E-state index contributed by atoms with van der Waals surface area (Å²) >= 11 is 7.23. The minimum atomic E-state index is -0.515. The van der Waals surface area contributed by atoms with E-state index < -0.39 is 6.10 Å². The highest BCUT2D eigenvalue weighted by Gasteiger charge is 2.18. The van der Waals surface area contributed by atoms with Crippen LogP contribution in [0.25, 0.3) is 21.8 Å². The average Bonchev–Trinajstić information content (AvgIpc) is 3.12. The van der Waals surface area contributed by atoms with Gasteiger partial charge in [0.05, 0.1) is 12.6 Å². The van der Waals surface area contributed by atoms with Crippen LogP contribution in [0.1, 0.15) is 11.1 Å². The summed E-state index contributed by atoms with van der Waals surface area (Å²) in [4.78, 5) is 2.33. The zero-order chi connectivity index (χ0) is 23.5. The van der Waals surface area contributed by atoms with Crippen LogP contribution in [0.4, 0.5) is 0 Å². The Morgan fingerprint density at radius 1 is 0.676 bits per heavy atom. The summed E-state index contributed by atoms with van der Waals surface area (Å²) in [7, 11) is 0. The quantitative estimate of drug-likeness (QED) is 0.208. The third-order valence-corrected chi connectivity index (χ3v) is 7.14. The second-order valence-corrected chi connectivity index (χ2v) is 10.6. The molecule has 172 valence electrons. The molecule has 1 N–H and O–H groups in total. The van der Waals surface area contributed by atoms with E-state index in [1.165, 1.54) is 21.9 Å². The molecule has 1 atom stereocenters. The molecule has 34 heavy (non-hydrogen) atoms. The molecule has 0 saturated heterocycles. The number of aliphatic hydroxyl groups is 1. The van der Waals surface area contributed by atoms with Crippen molar-refractivity contribution >= 4 is 53.7 Å². The first-order valence-corrected chi connectivity index (χ1v) is 13.0. The van der Waals surface area contributed by atoms with E-state index in [1.54, 1.807) is 0 Å². The lowest BCUT2D eigenvalue weighted by molar-refractivity contribution is 0.0926. The second-order valence-electron chi connectivity index (χ2n) is 8.73. The van der Waals surface area contributed by atoms with Crippen LogP contribution < -0.4 is 0 Å². The minimum Gasteiger partial charge on any atom is -0.390 e. The summed E-state index contributed by atoms with van der Waals surface area (Å²) in [5.41, 5.74) is 4.76. The van der Waals surface area contributed by atoms with Gasteiger partial charge >= 0.3 is 0 Å². The zero-order valence-electron chi connectivity index (χ0n) is 18.7. The van der Waals surface area contributed by atoms with Crippen LogP contribution in [0.3, 0.4) is 0 Å². The Bertz CT molecular complexity index is 1300. The molecule has 4 aromatic carbocycles. The number of aromatic nitrogens is 1. The maximum atomic E-state index is 11.3. The van der Waals surface area contributed by atoms with E-state index >= 15 is 0 Å². The Morgan fingerprint density at radius 3 is 1.62 bits per heavy atom. The molecule has 5 rings (SSSR count). The van der Waals surface area contributed by atoms with Crippen LogP contribution in [0.5, 0.6) is 0 Å². The summed E-state index contributed by atoms with van der Waals surface area (Å²) in [6, 6.07) is 33.7. The number of hydrogen-bond donors (Lipinski definition) is 1. The first-order chi connectivity index (χ1) is 16.6. The SMILES string of the molecule is O[C@@H](CN(Cc1ccccc1)Cc1ccccc1)Cn1c2ccc(Br)cc2c2cc(Br)ccc21. The fraction of sp³-hybridized carbons (Fsp3) is 0.172. The lowest BCUT2D eigenvalue weighted by atomic mass is 10.1. The first-order valence-electron chi connectivity index (χ1n) is 11.4. The van der Waals surface area contributed by atoms with E-state index in [1.807, 2.05) is 12.1 Å². The van der Waals surface area contributed by atoms with Crippen molar-refractivity contribution in [1.82, 2.24) is 9.47 Å². The van der Waals surface area contributed by atoms with E-state index in [-0.39, 0.29) is 0 Å². The molecular weight excluding hydrogens is 552 g/mol. The lowest BCUT2D eigenvalue weighted by Gasteiger charge is -2.26. The molecule has 3 nitrogen and oxygen atoms in total. The predicted octanol–water partition coefficient (Wildman–Crippen LogP) is 7.38. The number of aliphatic hydroxyl groups excluding tert-OH is 1. The minimum absolute atomic E-state index is 0.515. The number of halogens is 2. The van der Waals surface area contributed by atoms with Gasteiger partial charge in [0.1, 0.15) is 0 Å². The number of benzene rings is 4. The van der Waals surface area contributed by atoms with Crippen LogP contribution in [0.15, 0.2) is 106 Å². The van der Waals surface area contributed by atoms with Gasteiger partial charge in [0, 0.05) is 50.4 Å². The average molecular weight is 578 g/mol. The van der Waals surface area contributed by atoms with Crippen LogP contribution in [0.2, 0.25) is 0 Å². The molecule has 0 aliphatic carbocycles. The van der Waals surface area contributed by atoms with E-state index in [2.05, 4.69) is 126 Å². The van der Waals surface area contributed by atoms with E-state index in [0.717, 1.165) is 33.1 Å². The van der Waals surface area contributed by atoms with Crippen LogP contribution in [-0.2, 0) is 19.6 Å². The van der Waals surface area contributed by atoms with Gasteiger partial charge in [-0.1, -0.05) is 92.5 Å². The zero-order valence-corrected chi connectivity index (χ0v) is 21.9. The third kappa shape index (κ3) is 5.28. The van der Waals surface area contributed by atoms with Gasteiger partial charge in [-0.05, 0) is 47.5 Å². The van der Waals surface area contributed by atoms with Crippen molar-refractivity contribution in [2.45, 2.75) is 25.7 Å². The number of nitrogens with zero attached hydrogens (tertiary/aromatic N) is 2. The van der Waals surface area contributed by atoms with E-state index in [4.69, 9.17) is 0 Å². The fourth-order valence-electron chi connectivity index (χ4n) is 4.68. The molecule has 0 aliphatic rings. The maximum Gasteiger partial charge on any atom is 0.0846 e. The first kappa shape index (κ1) is 23.3. The van der Waals surface area contributed by atoms with Crippen molar-refractivity contribution in [3.8, 4) is 0 Å². The van der Waals surface area contributed by atoms with Gasteiger partial charge in [-0.15, -0.1) is 0 Å². The molecule has 0 aliphatic heterocycles. The van der Waals surface area contributed by atoms with Gasteiger partial charge in [-0.3, -0.25) is 4.90 Å². The summed E-state index contributed by atoms with van der Waals surface area (Å²) < 4.78 is 4.35. The van der Waals surface area contributed by atoms with Crippen LogP contribution in [-0.4, -0.2) is 27.2 Å². The Morgan fingerprint density at radius 2 is 1.15 bits per heavy atom.